The van der Waals surface area contributed by atoms with Crippen LogP contribution in [0, 0.1) is 12.3 Å². The van der Waals surface area contributed by atoms with E-state index in [2.05, 4.69) is 10.6 Å². The number of carboxylic acids is 1. The van der Waals surface area contributed by atoms with Crippen LogP contribution in [0.5, 0.6) is 0 Å². The lowest BCUT2D eigenvalue weighted by Gasteiger charge is -2.33. The highest BCUT2D eigenvalue weighted by Crippen LogP contribution is 2.40. The highest BCUT2D eigenvalue weighted by Gasteiger charge is 2.49. The normalized spacial score (nSPS) is 18.1. The summed E-state index contributed by atoms with van der Waals surface area (Å²) < 4.78 is -0.616. The van der Waals surface area contributed by atoms with Gasteiger partial charge in [-0.15, -0.1) is 11.8 Å². The van der Waals surface area contributed by atoms with Crippen LogP contribution in [0.3, 0.4) is 0 Å². The number of nitrogens with one attached hydrogen (secondary N) is 2. The van der Waals surface area contributed by atoms with E-state index >= 15 is 0 Å². The van der Waals surface area contributed by atoms with E-state index in [0.29, 0.717) is 6.54 Å². The van der Waals surface area contributed by atoms with Crippen molar-refractivity contribution in [3.63, 3.8) is 0 Å². The van der Waals surface area contributed by atoms with Crippen LogP contribution in [-0.4, -0.2) is 67.6 Å². The third kappa shape index (κ3) is 7.63. The molecule has 3 amide bonds. The molecule has 0 radical (unpaired) electrons. The zero-order valence-corrected chi connectivity index (χ0v) is 24.5. The van der Waals surface area contributed by atoms with Gasteiger partial charge in [-0.1, -0.05) is 54.6 Å². The first-order valence-corrected chi connectivity index (χ1v) is 14.2. The zero-order chi connectivity index (χ0) is 29.7. The Bertz CT molecular complexity index is 1230. The third-order valence-electron chi connectivity index (χ3n) is 7.25. The molecule has 9 nitrogen and oxygen atoms in total. The smallest absolute Gasteiger partial charge is 0.309 e. The molecule has 0 spiro atoms. The first-order valence-electron chi connectivity index (χ1n) is 13.2. The van der Waals surface area contributed by atoms with Gasteiger partial charge in [0.2, 0.25) is 11.8 Å². The monoisotopic (exact) mass is 569 g/mol. The Morgan fingerprint density at radius 1 is 1.07 bits per heavy atom. The first-order chi connectivity index (χ1) is 18.7. The maximum absolute atomic E-state index is 13.7. The number of nitrogens with zero attached hydrogens (tertiary/aromatic N) is 1. The summed E-state index contributed by atoms with van der Waals surface area (Å²) in [6.45, 7) is 8.90. The minimum absolute atomic E-state index is 0.140. The molecule has 0 unspecified atom stereocenters. The number of aliphatic hydroxyl groups is 1. The fourth-order valence-corrected chi connectivity index (χ4v) is 5.83. The van der Waals surface area contributed by atoms with Crippen molar-refractivity contribution in [2.45, 2.75) is 76.9 Å². The molecule has 1 saturated heterocycles. The molecule has 1 fully saturated rings. The number of rotatable bonds is 11. The minimum atomic E-state index is -1.65. The molecular formula is C30H39N3O6S. The molecule has 10 heteroatoms. The van der Waals surface area contributed by atoms with Crippen molar-refractivity contribution in [1.82, 2.24) is 15.5 Å². The van der Waals surface area contributed by atoms with E-state index in [-0.39, 0.29) is 24.6 Å². The Hall–Kier alpha value is -3.37. The van der Waals surface area contributed by atoms with Gasteiger partial charge >= 0.3 is 5.97 Å². The lowest BCUT2D eigenvalue weighted by molar-refractivity contribution is -0.150. The lowest BCUT2D eigenvalue weighted by Crippen LogP contribution is -2.58. The van der Waals surface area contributed by atoms with Crippen molar-refractivity contribution < 1.29 is 29.4 Å². The summed E-state index contributed by atoms with van der Waals surface area (Å²) in [7, 11) is 0. The Morgan fingerprint density at radius 3 is 2.33 bits per heavy atom. The van der Waals surface area contributed by atoms with Gasteiger partial charge in [0, 0.05) is 17.7 Å². The molecule has 3 atom stereocenters. The van der Waals surface area contributed by atoms with Crippen LogP contribution in [0.2, 0.25) is 0 Å². The molecule has 40 heavy (non-hydrogen) atoms. The van der Waals surface area contributed by atoms with Gasteiger partial charge < -0.3 is 25.7 Å². The van der Waals surface area contributed by atoms with Crippen LogP contribution in [-0.2, 0) is 32.1 Å². The largest absolute Gasteiger partial charge is 0.481 e. The molecule has 216 valence electrons. The van der Waals surface area contributed by atoms with Gasteiger partial charge in [-0.2, -0.15) is 0 Å². The molecule has 0 aliphatic carbocycles. The molecule has 3 rings (SSSR count). The molecule has 2 aromatic rings. The van der Waals surface area contributed by atoms with E-state index in [1.807, 2.05) is 75.4 Å². The van der Waals surface area contributed by atoms with Gasteiger partial charge in [-0.3, -0.25) is 19.2 Å². The molecule has 0 bridgehead atoms. The quantitative estimate of drug-likeness (QED) is 0.327. The molecule has 1 aliphatic rings. The summed E-state index contributed by atoms with van der Waals surface area (Å²) in [6.07, 6.45) is -1.84. The standard InChI is InChI=1S/C30H39N3O6S/c1-19-11-9-10-14-21(19)17-31-26(36)25-30(4,5)40-18-33(25)27(37)24(35)22(15-20-12-7-6-8-13-20)32-23(34)16-29(2,3)28(38)39/h6-14,22,24-25,35H,15-18H2,1-5H3,(H,31,36)(H,32,34)(H,38,39)/t22-,24-,25+/m0/s1. The predicted molar refractivity (Wildman–Crippen MR) is 154 cm³/mol. The maximum Gasteiger partial charge on any atom is 0.309 e. The van der Waals surface area contributed by atoms with Crippen molar-refractivity contribution in [2.75, 3.05) is 5.88 Å². The fourth-order valence-electron chi connectivity index (χ4n) is 4.69. The molecule has 0 saturated carbocycles. The fraction of sp³-hybridized carbons (Fsp3) is 0.467. The highest BCUT2D eigenvalue weighted by atomic mass is 32.2. The van der Waals surface area contributed by atoms with E-state index in [9.17, 15) is 29.4 Å². The molecular weight excluding hydrogens is 530 g/mol. The Morgan fingerprint density at radius 2 is 1.70 bits per heavy atom. The van der Waals surface area contributed by atoms with E-state index < -0.39 is 46.1 Å². The number of carbonyl (C=O) groups is 4. The van der Waals surface area contributed by atoms with Gasteiger partial charge in [-0.25, -0.2) is 0 Å². The second-order valence-corrected chi connectivity index (χ2v) is 13.0. The van der Waals surface area contributed by atoms with Crippen molar-refractivity contribution in [3.05, 3.63) is 71.3 Å². The van der Waals surface area contributed by atoms with Gasteiger partial charge in [0.1, 0.15) is 6.04 Å². The number of benzene rings is 2. The van der Waals surface area contributed by atoms with Crippen LogP contribution < -0.4 is 10.6 Å². The average molecular weight is 570 g/mol. The van der Waals surface area contributed by atoms with E-state index in [1.54, 1.807) is 0 Å². The number of aryl methyl sites for hydroxylation is 1. The lowest BCUT2D eigenvalue weighted by atomic mass is 9.89. The summed E-state index contributed by atoms with van der Waals surface area (Å²) in [5, 5.41) is 26.4. The third-order valence-corrected chi connectivity index (χ3v) is 8.63. The van der Waals surface area contributed by atoms with Gasteiger partial charge in [-0.05, 0) is 57.7 Å². The van der Waals surface area contributed by atoms with Crippen molar-refractivity contribution >= 4 is 35.5 Å². The number of hydrogen-bond acceptors (Lipinski definition) is 6. The second-order valence-electron chi connectivity index (χ2n) is 11.4. The average Bonchev–Trinajstić information content (AvgIpc) is 3.21. The summed E-state index contributed by atoms with van der Waals surface area (Å²) in [6, 6.07) is 14.9. The molecule has 4 N–H and O–H groups in total. The van der Waals surface area contributed by atoms with Crippen molar-refractivity contribution in [2.24, 2.45) is 5.41 Å². The maximum atomic E-state index is 13.7. The Kier molecular flexibility index (Phi) is 10.0. The summed E-state index contributed by atoms with van der Waals surface area (Å²) in [4.78, 5) is 52.9. The number of aliphatic carboxylic acids is 1. The van der Waals surface area contributed by atoms with Crippen LogP contribution in [0.25, 0.3) is 0 Å². The number of aliphatic hydroxyl groups excluding tert-OH is 1. The number of carboxylic acid groups (broad SMARTS) is 1. The molecule has 1 aliphatic heterocycles. The van der Waals surface area contributed by atoms with Gasteiger partial charge in [0.15, 0.2) is 6.10 Å². The number of amides is 3. The van der Waals surface area contributed by atoms with E-state index in [4.69, 9.17) is 0 Å². The Balaban J connectivity index is 1.80. The Labute approximate surface area is 239 Å². The van der Waals surface area contributed by atoms with Crippen molar-refractivity contribution in [1.29, 1.82) is 0 Å². The summed E-state index contributed by atoms with van der Waals surface area (Å²) in [5.74, 6) is -2.53. The van der Waals surface area contributed by atoms with E-state index in [0.717, 1.165) is 16.7 Å². The van der Waals surface area contributed by atoms with Crippen LogP contribution in [0.4, 0.5) is 0 Å². The van der Waals surface area contributed by atoms with Crippen LogP contribution >= 0.6 is 11.8 Å². The highest BCUT2D eigenvalue weighted by molar-refractivity contribution is 8.00. The number of thioether (sulfide) groups is 1. The summed E-state index contributed by atoms with van der Waals surface area (Å²) >= 11 is 1.44. The zero-order valence-electron chi connectivity index (χ0n) is 23.6. The molecule has 2 aromatic carbocycles. The summed E-state index contributed by atoms with van der Waals surface area (Å²) in [5.41, 5.74) is 1.46. The van der Waals surface area contributed by atoms with Gasteiger partial charge in [0.05, 0.1) is 17.3 Å². The van der Waals surface area contributed by atoms with Crippen LogP contribution in [0.1, 0.15) is 50.8 Å². The minimum Gasteiger partial charge on any atom is -0.481 e. The SMILES string of the molecule is Cc1ccccc1CNC(=O)[C@H]1N(C(=O)[C@@H](O)[C@H](Cc2ccccc2)NC(=O)CC(C)(C)C(=O)O)CSC1(C)C. The van der Waals surface area contributed by atoms with Crippen molar-refractivity contribution in [3.8, 4) is 0 Å². The van der Waals surface area contributed by atoms with Gasteiger partial charge in [0.25, 0.3) is 5.91 Å². The number of hydrogen-bond donors (Lipinski definition) is 4. The molecule has 0 aromatic heterocycles. The van der Waals surface area contributed by atoms with E-state index in [1.165, 1.54) is 30.5 Å². The predicted octanol–water partition coefficient (Wildman–Crippen LogP) is 2.88. The first kappa shape index (κ1) is 31.2. The van der Waals surface area contributed by atoms with Crippen LogP contribution in [0.15, 0.2) is 54.6 Å². The number of carbonyl (C=O) groups excluding carboxylic acids is 3. The topological polar surface area (TPSA) is 136 Å². The molecule has 1 heterocycles. The second kappa shape index (κ2) is 12.9.